The molecule has 0 fully saturated rings. The summed E-state index contributed by atoms with van der Waals surface area (Å²) in [7, 11) is 1.65. The summed E-state index contributed by atoms with van der Waals surface area (Å²) in [5.41, 5.74) is 1.07. The quantitative estimate of drug-likeness (QED) is 0.581. The molecule has 1 aromatic carbocycles. The zero-order valence-electron chi connectivity index (χ0n) is 16.2. The number of rotatable bonds is 7. The Morgan fingerprint density at radius 1 is 1.22 bits per heavy atom. The fourth-order valence-corrected chi connectivity index (χ4v) is 3.12. The standard InChI is InChI=1S/C23H30O4/c1-4-6-7-12-23-22(11-9-8-10-20(24)21(5-2)27-23)26-17-18-13-15-19(25-3)16-14-18/h1,6-9,13-16,20-24H,5,10-12,17H2,2-3H3/b7-6-,9-8-/t20-,21+,22-,23+/m1/s1. The van der Waals surface area contributed by atoms with E-state index in [-0.39, 0.29) is 18.3 Å². The van der Waals surface area contributed by atoms with Gasteiger partial charge in [-0.3, -0.25) is 0 Å². The molecule has 0 saturated heterocycles. The van der Waals surface area contributed by atoms with Crippen molar-refractivity contribution in [3.8, 4) is 18.1 Å². The summed E-state index contributed by atoms with van der Waals surface area (Å²) >= 11 is 0. The summed E-state index contributed by atoms with van der Waals surface area (Å²) in [5.74, 6) is 3.34. The smallest absolute Gasteiger partial charge is 0.118 e. The van der Waals surface area contributed by atoms with Crippen LogP contribution in [0.4, 0.5) is 0 Å². The molecule has 4 nitrogen and oxygen atoms in total. The number of terminal acetylenes is 1. The highest BCUT2D eigenvalue weighted by atomic mass is 16.6. The van der Waals surface area contributed by atoms with Crippen LogP contribution >= 0.6 is 0 Å². The van der Waals surface area contributed by atoms with Gasteiger partial charge in [0.15, 0.2) is 0 Å². The van der Waals surface area contributed by atoms with Crippen molar-refractivity contribution >= 4 is 0 Å². The van der Waals surface area contributed by atoms with Gasteiger partial charge in [0.2, 0.25) is 0 Å². The number of allylic oxidation sites excluding steroid dienone is 1. The molecule has 0 bridgehead atoms. The normalized spacial score (nSPS) is 27.3. The fourth-order valence-electron chi connectivity index (χ4n) is 3.12. The van der Waals surface area contributed by atoms with Gasteiger partial charge in [-0.05, 0) is 49.5 Å². The number of aliphatic hydroxyl groups excluding tert-OH is 1. The average Bonchev–Trinajstić information content (AvgIpc) is 2.77. The number of hydrogen-bond donors (Lipinski definition) is 1. The van der Waals surface area contributed by atoms with E-state index >= 15 is 0 Å². The van der Waals surface area contributed by atoms with E-state index in [4.69, 9.17) is 20.6 Å². The molecule has 146 valence electrons. The lowest BCUT2D eigenvalue weighted by Gasteiger charge is -2.31. The van der Waals surface area contributed by atoms with Crippen LogP contribution in [-0.4, -0.2) is 36.6 Å². The molecule has 0 aromatic heterocycles. The number of methoxy groups -OCH3 is 1. The Bertz CT molecular complexity index is 641. The Balaban J connectivity index is 2.10. The van der Waals surface area contributed by atoms with Crippen LogP contribution in [0.2, 0.25) is 0 Å². The third-order valence-corrected chi connectivity index (χ3v) is 4.71. The van der Waals surface area contributed by atoms with E-state index < -0.39 is 6.10 Å². The molecule has 4 heteroatoms. The summed E-state index contributed by atoms with van der Waals surface area (Å²) in [5, 5.41) is 10.4. The van der Waals surface area contributed by atoms with Crippen molar-refractivity contribution in [2.24, 2.45) is 0 Å². The monoisotopic (exact) mass is 370 g/mol. The zero-order valence-corrected chi connectivity index (χ0v) is 16.2. The van der Waals surface area contributed by atoms with Crippen LogP contribution in [0.5, 0.6) is 5.75 Å². The number of hydrogen-bond acceptors (Lipinski definition) is 4. The Kier molecular flexibility index (Phi) is 9.13. The first kappa shape index (κ1) is 21.2. The Morgan fingerprint density at radius 2 is 1.96 bits per heavy atom. The molecule has 0 saturated carbocycles. The van der Waals surface area contributed by atoms with E-state index in [0.717, 1.165) is 24.2 Å². The van der Waals surface area contributed by atoms with Crippen molar-refractivity contribution < 1.29 is 19.3 Å². The first-order valence-corrected chi connectivity index (χ1v) is 9.52. The van der Waals surface area contributed by atoms with Crippen molar-refractivity contribution in [2.45, 2.75) is 63.6 Å². The second-order valence-electron chi connectivity index (χ2n) is 6.63. The third-order valence-electron chi connectivity index (χ3n) is 4.71. The maximum atomic E-state index is 10.4. The van der Waals surface area contributed by atoms with Gasteiger partial charge in [0, 0.05) is 0 Å². The van der Waals surface area contributed by atoms with Crippen molar-refractivity contribution in [2.75, 3.05) is 7.11 Å². The predicted octanol–water partition coefficient (Wildman–Crippen LogP) is 4.03. The lowest BCUT2D eigenvalue weighted by Crippen LogP contribution is -2.38. The molecule has 1 aliphatic heterocycles. The van der Waals surface area contributed by atoms with E-state index in [1.165, 1.54) is 0 Å². The molecule has 1 aliphatic rings. The van der Waals surface area contributed by atoms with Gasteiger partial charge in [-0.25, -0.2) is 0 Å². The van der Waals surface area contributed by atoms with Gasteiger partial charge >= 0.3 is 0 Å². The molecule has 4 atom stereocenters. The van der Waals surface area contributed by atoms with Crippen LogP contribution in [0.15, 0.2) is 48.6 Å². The van der Waals surface area contributed by atoms with Crippen molar-refractivity contribution in [3.63, 3.8) is 0 Å². The van der Waals surface area contributed by atoms with Crippen molar-refractivity contribution in [1.29, 1.82) is 0 Å². The lowest BCUT2D eigenvalue weighted by atomic mass is 10.1. The van der Waals surface area contributed by atoms with Gasteiger partial charge in [0.1, 0.15) is 5.75 Å². The average molecular weight is 370 g/mol. The van der Waals surface area contributed by atoms with Gasteiger partial charge in [-0.2, -0.15) is 0 Å². The molecular formula is C23H30O4. The van der Waals surface area contributed by atoms with E-state index in [2.05, 4.69) is 12.0 Å². The van der Waals surface area contributed by atoms with E-state index in [1.807, 2.05) is 43.3 Å². The molecule has 1 N–H and O–H groups in total. The molecule has 0 aliphatic carbocycles. The molecular weight excluding hydrogens is 340 g/mol. The third kappa shape index (κ3) is 6.88. The maximum absolute atomic E-state index is 10.4. The summed E-state index contributed by atoms with van der Waals surface area (Å²) in [4.78, 5) is 0. The number of ether oxygens (including phenoxy) is 3. The van der Waals surface area contributed by atoms with E-state index in [9.17, 15) is 5.11 Å². The second kappa shape index (κ2) is 11.6. The number of benzene rings is 1. The van der Waals surface area contributed by atoms with Crippen LogP contribution in [0.3, 0.4) is 0 Å². The summed E-state index contributed by atoms with van der Waals surface area (Å²) in [6.07, 6.45) is 14.7. The summed E-state index contributed by atoms with van der Waals surface area (Å²) < 4.78 is 17.7. The topological polar surface area (TPSA) is 47.9 Å². The minimum absolute atomic E-state index is 0.120. The highest BCUT2D eigenvalue weighted by Gasteiger charge is 2.28. The van der Waals surface area contributed by atoms with Crippen LogP contribution in [0.25, 0.3) is 0 Å². The number of aliphatic hydroxyl groups is 1. The zero-order chi connectivity index (χ0) is 19.5. The van der Waals surface area contributed by atoms with Crippen molar-refractivity contribution in [1.82, 2.24) is 0 Å². The minimum Gasteiger partial charge on any atom is -0.497 e. The summed E-state index contributed by atoms with van der Waals surface area (Å²) in [6, 6.07) is 7.84. The van der Waals surface area contributed by atoms with Crippen molar-refractivity contribution in [3.05, 3.63) is 54.1 Å². The first-order valence-electron chi connectivity index (χ1n) is 9.52. The van der Waals surface area contributed by atoms with Gasteiger partial charge in [-0.15, -0.1) is 6.42 Å². The minimum atomic E-state index is -0.509. The molecule has 1 aromatic rings. The molecule has 1 heterocycles. The molecule has 0 spiro atoms. The lowest BCUT2D eigenvalue weighted by molar-refractivity contribution is -0.131. The molecule has 0 radical (unpaired) electrons. The highest BCUT2D eigenvalue weighted by Crippen LogP contribution is 2.23. The van der Waals surface area contributed by atoms with Gasteiger partial charge in [0.05, 0.1) is 38.1 Å². The SMILES string of the molecule is C#C/C=C\C[C@@H]1O[C@@H](CC)[C@H](O)C/C=C\C[C@H]1OCc1ccc(OC)cc1. The predicted molar refractivity (Wildman–Crippen MR) is 107 cm³/mol. The van der Waals surface area contributed by atoms with Crippen LogP contribution in [0, 0.1) is 12.3 Å². The molecule has 0 amide bonds. The Morgan fingerprint density at radius 3 is 2.63 bits per heavy atom. The van der Waals surface area contributed by atoms with Gasteiger partial charge in [0.25, 0.3) is 0 Å². The van der Waals surface area contributed by atoms with E-state index in [1.54, 1.807) is 13.2 Å². The molecule has 27 heavy (non-hydrogen) atoms. The highest BCUT2D eigenvalue weighted by molar-refractivity contribution is 5.26. The largest absolute Gasteiger partial charge is 0.497 e. The first-order chi connectivity index (χ1) is 13.2. The van der Waals surface area contributed by atoms with Gasteiger partial charge in [-0.1, -0.05) is 43.2 Å². The molecule has 2 rings (SSSR count). The van der Waals surface area contributed by atoms with Crippen LogP contribution < -0.4 is 4.74 Å². The maximum Gasteiger partial charge on any atom is 0.118 e. The van der Waals surface area contributed by atoms with E-state index in [0.29, 0.717) is 19.4 Å². The van der Waals surface area contributed by atoms with Crippen LogP contribution in [0.1, 0.15) is 38.2 Å². The Labute approximate surface area is 162 Å². The second-order valence-corrected chi connectivity index (χ2v) is 6.63. The molecule has 0 unspecified atom stereocenters. The van der Waals surface area contributed by atoms with Gasteiger partial charge < -0.3 is 19.3 Å². The Hall–Kier alpha value is -2.06. The van der Waals surface area contributed by atoms with Crippen LogP contribution in [-0.2, 0) is 16.1 Å². The summed E-state index contributed by atoms with van der Waals surface area (Å²) in [6.45, 7) is 2.51. The fraction of sp³-hybridized carbons (Fsp3) is 0.478.